The summed E-state index contributed by atoms with van der Waals surface area (Å²) in [4.78, 5) is 23.0. The average molecular weight is 434 g/mol. The van der Waals surface area contributed by atoms with Crippen LogP contribution in [0.3, 0.4) is 0 Å². The lowest BCUT2D eigenvalue weighted by molar-refractivity contribution is -0.124. The maximum atomic E-state index is 13.5. The second kappa shape index (κ2) is 8.57. The number of benzene rings is 1. The van der Waals surface area contributed by atoms with Crippen molar-refractivity contribution in [3.05, 3.63) is 34.6 Å². The van der Waals surface area contributed by atoms with Crippen LogP contribution in [0.15, 0.2) is 22.9 Å². The number of aryl methyl sites for hydroxylation is 2. The van der Waals surface area contributed by atoms with Crippen molar-refractivity contribution in [2.75, 3.05) is 18.0 Å². The fourth-order valence-corrected chi connectivity index (χ4v) is 6.49. The summed E-state index contributed by atoms with van der Waals surface area (Å²) < 4.78 is 6.24. The summed E-state index contributed by atoms with van der Waals surface area (Å²) in [5.74, 6) is 0.476. The molecule has 0 N–H and O–H groups in total. The van der Waals surface area contributed by atoms with Gasteiger partial charge in [0, 0.05) is 24.8 Å². The zero-order valence-electron chi connectivity index (χ0n) is 19.2. The van der Waals surface area contributed by atoms with Crippen LogP contribution in [0.25, 0.3) is 6.08 Å². The summed E-state index contributed by atoms with van der Waals surface area (Å²) in [5, 5.41) is 0. The van der Waals surface area contributed by atoms with Gasteiger partial charge in [0.2, 0.25) is 0 Å². The van der Waals surface area contributed by atoms with Gasteiger partial charge in [-0.2, -0.15) is 0 Å². The third-order valence-electron chi connectivity index (χ3n) is 8.05. The number of anilines is 1. The van der Waals surface area contributed by atoms with E-state index in [1.807, 2.05) is 11.0 Å². The lowest BCUT2D eigenvalue weighted by Gasteiger charge is -2.37. The largest absolute Gasteiger partial charge is 0.420 e. The Bertz CT molecular complexity index is 923. The van der Waals surface area contributed by atoms with Crippen LogP contribution in [-0.4, -0.2) is 42.0 Å². The molecule has 32 heavy (non-hydrogen) atoms. The molecule has 3 fully saturated rings. The monoisotopic (exact) mass is 433 g/mol. The molecule has 170 valence electrons. The van der Waals surface area contributed by atoms with E-state index in [0.29, 0.717) is 17.8 Å². The van der Waals surface area contributed by atoms with Crippen LogP contribution in [-0.2, 0) is 22.4 Å². The van der Waals surface area contributed by atoms with Crippen molar-refractivity contribution in [1.82, 2.24) is 4.90 Å². The molecule has 0 spiro atoms. The standard InChI is InChI=1S/C27H35N3O2/c31-26-24(18-19-16-20-8-6-14-29-15-7-9-21(17-19)25(20)29)32-27(28-22-10-4-5-11-22)30(26)23-12-2-1-3-13-23/h16-18,22-23H,1-15H2/b24-18+,28-27?. The summed E-state index contributed by atoms with van der Waals surface area (Å²) in [6, 6.07) is 5.70. The lowest BCUT2D eigenvalue weighted by atomic mass is 9.90. The summed E-state index contributed by atoms with van der Waals surface area (Å²) in [5.41, 5.74) is 5.46. The zero-order valence-corrected chi connectivity index (χ0v) is 19.2. The Morgan fingerprint density at radius 1 is 0.875 bits per heavy atom. The molecule has 0 bridgehead atoms. The highest BCUT2D eigenvalue weighted by atomic mass is 16.5. The number of nitrogens with zero attached hydrogens (tertiary/aromatic N) is 3. The Balaban J connectivity index is 1.33. The van der Waals surface area contributed by atoms with Gasteiger partial charge in [-0.3, -0.25) is 9.69 Å². The average Bonchev–Trinajstić information content (AvgIpc) is 3.43. The van der Waals surface area contributed by atoms with Crippen molar-refractivity contribution < 1.29 is 9.53 Å². The van der Waals surface area contributed by atoms with E-state index in [2.05, 4.69) is 17.0 Å². The van der Waals surface area contributed by atoms with Gasteiger partial charge in [-0.15, -0.1) is 0 Å². The van der Waals surface area contributed by atoms with E-state index in [4.69, 9.17) is 9.73 Å². The topological polar surface area (TPSA) is 45.1 Å². The molecular formula is C27H35N3O2. The number of hydrogen-bond donors (Lipinski definition) is 0. The van der Waals surface area contributed by atoms with Crippen molar-refractivity contribution in [3.63, 3.8) is 0 Å². The summed E-state index contributed by atoms with van der Waals surface area (Å²) in [6.07, 6.45) is 17.1. The molecule has 1 aromatic carbocycles. The molecule has 3 aliphatic heterocycles. The highest BCUT2D eigenvalue weighted by molar-refractivity contribution is 6.11. The van der Waals surface area contributed by atoms with Crippen molar-refractivity contribution in [2.45, 2.75) is 95.6 Å². The smallest absolute Gasteiger partial charge is 0.300 e. The summed E-state index contributed by atoms with van der Waals surface area (Å²) >= 11 is 0. The van der Waals surface area contributed by atoms with Gasteiger partial charge in [0.25, 0.3) is 5.91 Å². The molecule has 1 saturated heterocycles. The van der Waals surface area contributed by atoms with Gasteiger partial charge in [0.15, 0.2) is 5.76 Å². The molecule has 6 rings (SSSR count). The van der Waals surface area contributed by atoms with Crippen LogP contribution in [0.1, 0.15) is 87.3 Å². The number of amidine groups is 1. The Morgan fingerprint density at radius 3 is 2.22 bits per heavy atom. The number of rotatable bonds is 3. The predicted octanol–water partition coefficient (Wildman–Crippen LogP) is 5.22. The first kappa shape index (κ1) is 20.3. The van der Waals surface area contributed by atoms with E-state index in [-0.39, 0.29) is 11.9 Å². The van der Waals surface area contributed by atoms with Crippen LogP contribution in [0.4, 0.5) is 5.69 Å². The molecule has 3 heterocycles. The minimum atomic E-state index is 0.0154. The molecule has 0 unspecified atom stereocenters. The van der Waals surface area contributed by atoms with Crippen LogP contribution in [0.2, 0.25) is 0 Å². The number of carbonyl (C=O) groups is 1. The van der Waals surface area contributed by atoms with Crippen molar-refractivity contribution in [3.8, 4) is 0 Å². The first-order valence-electron chi connectivity index (χ1n) is 13.0. The van der Waals surface area contributed by atoms with Crippen LogP contribution < -0.4 is 4.90 Å². The van der Waals surface area contributed by atoms with Gasteiger partial charge in [-0.05, 0) is 86.3 Å². The van der Waals surface area contributed by atoms with E-state index < -0.39 is 0 Å². The van der Waals surface area contributed by atoms with Crippen molar-refractivity contribution >= 4 is 23.7 Å². The van der Waals surface area contributed by atoms with Gasteiger partial charge in [0.1, 0.15) is 0 Å². The molecule has 1 amide bonds. The quantitative estimate of drug-likeness (QED) is 0.614. The number of ether oxygens (including phenoxy) is 1. The highest BCUT2D eigenvalue weighted by Gasteiger charge is 2.40. The third-order valence-corrected chi connectivity index (χ3v) is 8.05. The first-order valence-corrected chi connectivity index (χ1v) is 13.0. The normalized spacial score (nSPS) is 26.8. The van der Waals surface area contributed by atoms with E-state index in [9.17, 15) is 4.79 Å². The molecule has 0 atom stereocenters. The SMILES string of the molecule is O=C1/C(=C\c2cc3c4c(c2)CCCN4CCC3)OC(=NC2CCCC2)N1C1CCCCC1. The Labute approximate surface area is 191 Å². The molecule has 5 aliphatic rings. The van der Waals surface area contributed by atoms with Gasteiger partial charge in [-0.25, -0.2) is 4.99 Å². The predicted molar refractivity (Wildman–Crippen MR) is 128 cm³/mol. The first-order chi connectivity index (χ1) is 15.8. The molecule has 5 nitrogen and oxygen atoms in total. The summed E-state index contributed by atoms with van der Waals surface area (Å²) in [6.45, 7) is 2.36. The number of hydrogen-bond acceptors (Lipinski definition) is 4. The fourth-order valence-electron chi connectivity index (χ4n) is 6.49. The number of carbonyl (C=O) groups excluding carboxylic acids is 1. The third kappa shape index (κ3) is 3.74. The Kier molecular flexibility index (Phi) is 5.44. The fraction of sp³-hybridized carbons (Fsp3) is 0.630. The van der Waals surface area contributed by atoms with E-state index in [0.717, 1.165) is 44.1 Å². The maximum Gasteiger partial charge on any atom is 0.300 e. The molecule has 2 aliphatic carbocycles. The Hall–Kier alpha value is -2.30. The second-order valence-electron chi connectivity index (χ2n) is 10.3. The lowest BCUT2D eigenvalue weighted by Crippen LogP contribution is -2.41. The van der Waals surface area contributed by atoms with E-state index in [1.165, 1.54) is 74.8 Å². The van der Waals surface area contributed by atoms with E-state index >= 15 is 0 Å². The van der Waals surface area contributed by atoms with Crippen LogP contribution in [0, 0.1) is 0 Å². The minimum Gasteiger partial charge on any atom is -0.420 e. The van der Waals surface area contributed by atoms with Gasteiger partial charge in [-0.1, -0.05) is 32.1 Å². The molecule has 1 aromatic rings. The van der Waals surface area contributed by atoms with Crippen molar-refractivity contribution in [1.29, 1.82) is 0 Å². The van der Waals surface area contributed by atoms with Crippen LogP contribution >= 0.6 is 0 Å². The maximum absolute atomic E-state index is 13.5. The van der Waals surface area contributed by atoms with Crippen LogP contribution in [0.5, 0.6) is 0 Å². The van der Waals surface area contributed by atoms with E-state index in [1.54, 1.807) is 0 Å². The molecular weight excluding hydrogens is 398 g/mol. The molecule has 0 radical (unpaired) electrons. The highest BCUT2D eigenvalue weighted by Crippen LogP contribution is 2.37. The van der Waals surface area contributed by atoms with Crippen molar-refractivity contribution in [2.24, 2.45) is 4.99 Å². The second-order valence-corrected chi connectivity index (χ2v) is 10.3. The van der Waals surface area contributed by atoms with Gasteiger partial charge in [0.05, 0.1) is 6.04 Å². The number of aliphatic imine (C=N–C) groups is 1. The van der Waals surface area contributed by atoms with Gasteiger partial charge >= 0.3 is 6.02 Å². The molecule has 5 heteroatoms. The Morgan fingerprint density at radius 2 is 1.53 bits per heavy atom. The number of amides is 1. The summed E-state index contributed by atoms with van der Waals surface area (Å²) in [7, 11) is 0. The zero-order chi connectivity index (χ0) is 21.5. The van der Waals surface area contributed by atoms with Gasteiger partial charge < -0.3 is 9.64 Å². The molecule has 2 saturated carbocycles. The molecule has 0 aromatic heterocycles. The minimum absolute atomic E-state index is 0.0154.